The Morgan fingerprint density at radius 1 is 1.15 bits per heavy atom. The predicted molar refractivity (Wildman–Crippen MR) is 102 cm³/mol. The van der Waals surface area contributed by atoms with Crippen molar-refractivity contribution in [3.05, 3.63) is 29.5 Å². The molecule has 0 atom stereocenters. The second-order valence-corrected chi connectivity index (χ2v) is 7.09. The number of amides is 1. The molecule has 7 heteroatoms. The van der Waals surface area contributed by atoms with Crippen LogP contribution in [0.1, 0.15) is 22.3 Å². The minimum atomic E-state index is -0.964. The van der Waals surface area contributed by atoms with Crippen LogP contribution in [0.3, 0.4) is 0 Å². The highest BCUT2D eigenvalue weighted by Gasteiger charge is 2.17. The maximum absolute atomic E-state index is 12.3. The molecule has 0 bridgehead atoms. The summed E-state index contributed by atoms with van der Waals surface area (Å²) in [6, 6.07) is 3.64. The fraction of sp³-hybridized carbons (Fsp3) is 0.474. The van der Waals surface area contributed by atoms with Crippen LogP contribution >= 0.6 is 0 Å². The van der Waals surface area contributed by atoms with Gasteiger partial charge in [0, 0.05) is 63.5 Å². The SMILES string of the molecule is Cc1cc(NC(=O)CCN2CCN(C)CC2)cc2c(C(=O)O)cn(C)c12. The molecule has 26 heavy (non-hydrogen) atoms. The zero-order valence-electron chi connectivity index (χ0n) is 15.6. The third-order valence-electron chi connectivity index (χ3n) is 5.03. The minimum Gasteiger partial charge on any atom is -0.478 e. The van der Waals surface area contributed by atoms with Gasteiger partial charge >= 0.3 is 5.97 Å². The van der Waals surface area contributed by atoms with Gasteiger partial charge in [-0.1, -0.05) is 0 Å². The van der Waals surface area contributed by atoms with Gasteiger partial charge in [0.2, 0.25) is 5.91 Å². The molecule has 1 aliphatic heterocycles. The number of aromatic carboxylic acids is 1. The summed E-state index contributed by atoms with van der Waals surface area (Å²) in [6.45, 7) is 6.70. The van der Waals surface area contributed by atoms with Gasteiger partial charge in [-0.15, -0.1) is 0 Å². The summed E-state index contributed by atoms with van der Waals surface area (Å²) in [5, 5.41) is 13.0. The predicted octanol–water partition coefficient (Wildman–Crippen LogP) is 1.76. The number of carbonyl (C=O) groups is 2. The molecular weight excluding hydrogens is 332 g/mol. The summed E-state index contributed by atoms with van der Waals surface area (Å²) in [5.41, 5.74) is 2.70. The average molecular weight is 358 g/mol. The summed E-state index contributed by atoms with van der Waals surface area (Å²) >= 11 is 0. The first-order valence-corrected chi connectivity index (χ1v) is 8.89. The highest BCUT2D eigenvalue weighted by atomic mass is 16.4. The van der Waals surface area contributed by atoms with E-state index in [2.05, 4.69) is 22.2 Å². The molecule has 1 aliphatic rings. The molecule has 2 heterocycles. The van der Waals surface area contributed by atoms with Crippen LogP contribution in [0.2, 0.25) is 0 Å². The van der Waals surface area contributed by atoms with Crippen molar-refractivity contribution in [2.24, 2.45) is 7.05 Å². The lowest BCUT2D eigenvalue weighted by Gasteiger charge is -2.32. The third kappa shape index (κ3) is 3.89. The number of hydrogen-bond donors (Lipinski definition) is 2. The molecule has 0 aliphatic carbocycles. The van der Waals surface area contributed by atoms with Crippen LogP contribution in [-0.4, -0.2) is 71.1 Å². The van der Waals surface area contributed by atoms with E-state index in [1.54, 1.807) is 12.3 Å². The summed E-state index contributed by atoms with van der Waals surface area (Å²) in [7, 11) is 3.94. The van der Waals surface area contributed by atoms with E-state index < -0.39 is 5.97 Å². The normalized spacial score (nSPS) is 16.1. The molecule has 140 valence electrons. The van der Waals surface area contributed by atoms with E-state index >= 15 is 0 Å². The maximum atomic E-state index is 12.3. The Hall–Kier alpha value is -2.38. The number of fused-ring (bicyclic) bond motifs is 1. The van der Waals surface area contributed by atoms with Gasteiger partial charge in [-0.3, -0.25) is 4.79 Å². The van der Waals surface area contributed by atoms with Gasteiger partial charge in [-0.2, -0.15) is 0 Å². The molecule has 1 aromatic heterocycles. The van der Waals surface area contributed by atoms with Crippen molar-refractivity contribution < 1.29 is 14.7 Å². The molecule has 0 unspecified atom stereocenters. The first-order valence-electron chi connectivity index (χ1n) is 8.89. The molecular formula is C19H26N4O3. The fourth-order valence-electron chi connectivity index (χ4n) is 3.58. The third-order valence-corrected chi connectivity index (χ3v) is 5.03. The molecule has 0 saturated carbocycles. The highest BCUT2D eigenvalue weighted by molar-refractivity contribution is 6.06. The quantitative estimate of drug-likeness (QED) is 0.852. The van der Waals surface area contributed by atoms with Crippen molar-refractivity contribution in [2.75, 3.05) is 45.1 Å². The summed E-state index contributed by atoms with van der Waals surface area (Å²) in [5.74, 6) is -1.01. The number of benzene rings is 1. The smallest absolute Gasteiger partial charge is 0.337 e. The van der Waals surface area contributed by atoms with E-state index in [0.717, 1.165) is 43.8 Å². The molecule has 7 nitrogen and oxygen atoms in total. The number of carbonyl (C=O) groups excluding carboxylic acids is 1. The first kappa shape index (κ1) is 18.4. The second-order valence-electron chi connectivity index (χ2n) is 7.09. The molecule has 3 rings (SSSR count). The Morgan fingerprint density at radius 3 is 2.50 bits per heavy atom. The van der Waals surface area contributed by atoms with Crippen molar-refractivity contribution in [3.8, 4) is 0 Å². The van der Waals surface area contributed by atoms with Crippen molar-refractivity contribution in [1.29, 1.82) is 0 Å². The highest BCUT2D eigenvalue weighted by Crippen LogP contribution is 2.28. The van der Waals surface area contributed by atoms with E-state index in [0.29, 0.717) is 17.5 Å². The number of aryl methyl sites for hydroxylation is 2. The van der Waals surface area contributed by atoms with E-state index in [1.807, 2.05) is 24.6 Å². The maximum Gasteiger partial charge on any atom is 0.337 e. The number of carboxylic acid groups (broad SMARTS) is 1. The van der Waals surface area contributed by atoms with Crippen molar-refractivity contribution in [1.82, 2.24) is 14.4 Å². The van der Waals surface area contributed by atoms with E-state index in [-0.39, 0.29) is 11.5 Å². The number of nitrogens with one attached hydrogen (secondary N) is 1. The molecule has 2 N–H and O–H groups in total. The lowest BCUT2D eigenvalue weighted by Crippen LogP contribution is -2.45. The Bertz CT molecular complexity index is 835. The van der Waals surface area contributed by atoms with E-state index in [4.69, 9.17) is 0 Å². The molecule has 1 amide bonds. The number of hydrogen-bond acceptors (Lipinski definition) is 4. The number of aromatic nitrogens is 1. The van der Waals surface area contributed by atoms with Gasteiger partial charge in [-0.25, -0.2) is 4.79 Å². The molecule has 2 aromatic rings. The molecule has 1 fully saturated rings. The monoisotopic (exact) mass is 358 g/mol. The molecule has 0 radical (unpaired) electrons. The second kappa shape index (κ2) is 7.47. The van der Waals surface area contributed by atoms with Gasteiger partial charge in [0.05, 0.1) is 11.1 Å². The first-order chi connectivity index (χ1) is 12.3. The molecule has 1 saturated heterocycles. The van der Waals surface area contributed by atoms with Crippen molar-refractivity contribution >= 4 is 28.5 Å². The summed E-state index contributed by atoms with van der Waals surface area (Å²) in [4.78, 5) is 28.4. The number of rotatable bonds is 5. The van der Waals surface area contributed by atoms with Gasteiger partial charge in [0.25, 0.3) is 0 Å². The average Bonchev–Trinajstić information content (AvgIpc) is 2.92. The Labute approximate surface area is 153 Å². The number of nitrogens with zero attached hydrogens (tertiary/aromatic N) is 3. The summed E-state index contributed by atoms with van der Waals surface area (Å²) < 4.78 is 1.81. The zero-order chi connectivity index (χ0) is 18.8. The standard InChI is InChI=1S/C19H26N4O3/c1-13-10-14(11-15-16(19(25)26)12-22(3)18(13)15)20-17(24)4-5-23-8-6-21(2)7-9-23/h10-12H,4-9H2,1-3H3,(H,20,24)(H,25,26). The Balaban J connectivity index is 1.69. The summed E-state index contributed by atoms with van der Waals surface area (Å²) in [6.07, 6.45) is 2.04. The van der Waals surface area contributed by atoms with Crippen LogP contribution in [0.25, 0.3) is 10.9 Å². The lowest BCUT2D eigenvalue weighted by molar-refractivity contribution is -0.116. The van der Waals surface area contributed by atoms with Crippen LogP contribution in [-0.2, 0) is 11.8 Å². The topological polar surface area (TPSA) is 77.8 Å². The molecule has 1 aromatic carbocycles. The van der Waals surface area contributed by atoms with Crippen LogP contribution in [0.5, 0.6) is 0 Å². The lowest BCUT2D eigenvalue weighted by atomic mass is 10.1. The minimum absolute atomic E-state index is 0.0458. The molecule has 0 spiro atoms. The number of carboxylic acids is 1. The number of likely N-dealkylation sites (N-methyl/N-ethyl adjacent to an activating group) is 1. The van der Waals surface area contributed by atoms with Crippen molar-refractivity contribution in [3.63, 3.8) is 0 Å². The van der Waals surface area contributed by atoms with Crippen molar-refractivity contribution in [2.45, 2.75) is 13.3 Å². The van der Waals surface area contributed by atoms with Gasteiger partial charge < -0.3 is 24.8 Å². The van der Waals surface area contributed by atoms with Crippen LogP contribution in [0.15, 0.2) is 18.3 Å². The Kier molecular flexibility index (Phi) is 5.29. The number of piperazine rings is 1. The van der Waals surface area contributed by atoms with Gasteiger partial charge in [0.15, 0.2) is 0 Å². The zero-order valence-corrected chi connectivity index (χ0v) is 15.6. The van der Waals surface area contributed by atoms with Gasteiger partial charge in [-0.05, 0) is 31.7 Å². The van der Waals surface area contributed by atoms with Crippen LogP contribution in [0, 0.1) is 6.92 Å². The van der Waals surface area contributed by atoms with E-state index in [1.165, 1.54) is 0 Å². The van der Waals surface area contributed by atoms with Crippen LogP contribution in [0.4, 0.5) is 5.69 Å². The number of anilines is 1. The Morgan fingerprint density at radius 2 is 1.85 bits per heavy atom. The van der Waals surface area contributed by atoms with Crippen LogP contribution < -0.4 is 5.32 Å². The van der Waals surface area contributed by atoms with E-state index in [9.17, 15) is 14.7 Å². The van der Waals surface area contributed by atoms with Gasteiger partial charge in [0.1, 0.15) is 0 Å². The largest absolute Gasteiger partial charge is 0.478 e. The fourth-order valence-corrected chi connectivity index (χ4v) is 3.58.